The lowest BCUT2D eigenvalue weighted by atomic mass is 9.96. The minimum Gasteiger partial charge on any atom is -0.466 e. The Morgan fingerprint density at radius 1 is 1.35 bits per heavy atom. The number of aliphatic hydroxyl groups is 1. The monoisotopic (exact) mass is 365 g/mol. The van der Waals surface area contributed by atoms with E-state index in [0.717, 1.165) is 55.8 Å². The van der Waals surface area contributed by atoms with Gasteiger partial charge in [0, 0.05) is 44.3 Å². The molecule has 7 nitrogen and oxygen atoms in total. The molecule has 0 radical (unpaired) electrons. The maximum atomic E-state index is 10.9. The van der Waals surface area contributed by atoms with Gasteiger partial charge in [-0.25, -0.2) is 4.99 Å². The second-order valence-electron chi connectivity index (χ2n) is 7.57. The first-order valence-electron chi connectivity index (χ1n) is 9.43. The molecule has 2 atom stereocenters. The highest BCUT2D eigenvalue weighted by molar-refractivity contribution is 5.79. The third kappa shape index (κ3) is 5.46. The van der Waals surface area contributed by atoms with E-state index in [1.54, 1.807) is 6.92 Å². The third-order valence-corrected chi connectivity index (χ3v) is 5.00. The van der Waals surface area contributed by atoms with Crippen LogP contribution in [0, 0.1) is 13.8 Å². The summed E-state index contributed by atoms with van der Waals surface area (Å²) in [6.07, 6.45) is 0. The zero-order valence-electron chi connectivity index (χ0n) is 17.1. The summed E-state index contributed by atoms with van der Waals surface area (Å²) in [7, 11) is 4.32. The van der Waals surface area contributed by atoms with Crippen LogP contribution >= 0.6 is 0 Å². The van der Waals surface area contributed by atoms with Gasteiger partial charge in [-0.05, 0) is 47.9 Å². The van der Waals surface area contributed by atoms with Crippen LogP contribution in [0.4, 0.5) is 0 Å². The highest BCUT2D eigenvalue weighted by atomic mass is 16.3. The highest BCUT2D eigenvalue weighted by Gasteiger charge is 2.28. The van der Waals surface area contributed by atoms with Gasteiger partial charge in [-0.15, -0.1) is 0 Å². The normalized spacial score (nSPS) is 22.3. The molecule has 1 aliphatic rings. The fourth-order valence-electron chi connectivity index (χ4n) is 3.36. The number of nitrogens with zero attached hydrogens (tertiary/aromatic N) is 3. The fraction of sp³-hybridized carbons (Fsp3) is 0.737. The summed E-state index contributed by atoms with van der Waals surface area (Å²) >= 11 is 0. The van der Waals surface area contributed by atoms with Crippen LogP contribution in [0.15, 0.2) is 15.5 Å². The molecule has 0 aromatic carbocycles. The van der Waals surface area contributed by atoms with Gasteiger partial charge in [0.1, 0.15) is 17.1 Å². The molecule has 2 rings (SSSR count). The van der Waals surface area contributed by atoms with Gasteiger partial charge in [0.05, 0.1) is 6.54 Å². The largest absolute Gasteiger partial charge is 0.466 e. The number of aliphatic imine (C=N–C) groups is 1. The van der Waals surface area contributed by atoms with Crippen molar-refractivity contribution >= 4 is 5.96 Å². The first-order chi connectivity index (χ1) is 12.2. The Morgan fingerprint density at radius 2 is 2.08 bits per heavy atom. The van der Waals surface area contributed by atoms with Crippen LogP contribution in [0.25, 0.3) is 0 Å². The van der Waals surface area contributed by atoms with Crippen LogP contribution in [0.2, 0.25) is 0 Å². The van der Waals surface area contributed by atoms with Crippen LogP contribution < -0.4 is 10.6 Å². The predicted molar refractivity (Wildman–Crippen MR) is 106 cm³/mol. The van der Waals surface area contributed by atoms with Gasteiger partial charge >= 0.3 is 0 Å². The lowest BCUT2D eigenvalue weighted by Crippen LogP contribution is -2.55. The standard InChI is InChI=1S/C19H35N5O2/c1-7-20-18(21-11-16-12-23(5)8-9-24(16)6)22-13-19(4,25)17-10-14(2)26-15(17)3/h10,16,25H,7-9,11-13H2,1-6H3,(H2,20,21,22). The lowest BCUT2D eigenvalue weighted by molar-refractivity contribution is 0.0656. The van der Waals surface area contributed by atoms with Gasteiger partial charge in [0.15, 0.2) is 5.96 Å². The molecule has 1 aromatic heterocycles. The summed E-state index contributed by atoms with van der Waals surface area (Å²) < 4.78 is 5.55. The quantitative estimate of drug-likeness (QED) is 0.514. The molecular formula is C19H35N5O2. The molecule has 1 fully saturated rings. The molecule has 2 heterocycles. The predicted octanol–water partition coefficient (Wildman–Crippen LogP) is 0.905. The van der Waals surface area contributed by atoms with E-state index >= 15 is 0 Å². The number of hydrogen-bond donors (Lipinski definition) is 3. The van der Waals surface area contributed by atoms with Gasteiger partial charge < -0.3 is 25.1 Å². The summed E-state index contributed by atoms with van der Waals surface area (Å²) in [5.41, 5.74) is -0.269. The summed E-state index contributed by atoms with van der Waals surface area (Å²) in [6, 6.07) is 2.33. The minimum absolute atomic E-state index is 0.266. The second kappa shape index (κ2) is 8.88. The van der Waals surface area contributed by atoms with Gasteiger partial charge in [-0.1, -0.05) is 0 Å². The van der Waals surface area contributed by atoms with Crippen molar-refractivity contribution < 1.29 is 9.52 Å². The van der Waals surface area contributed by atoms with Crippen LogP contribution in [0.5, 0.6) is 0 Å². The maximum absolute atomic E-state index is 10.9. The second-order valence-corrected chi connectivity index (χ2v) is 7.57. The average molecular weight is 366 g/mol. The van der Waals surface area contributed by atoms with E-state index in [1.807, 2.05) is 26.8 Å². The SMILES string of the molecule is CCNC(=NCC(C)(O)c1cc(C)oc1C)NCC1CN(C)CCN1C. The van der Waals surface area contributed by atoms with Crippen molar-refractivity contribution in [2.24, 2.45) is 4.99 Å². The Bertz CT molecular complexity index is 611. The van der Waals surface area contributed by atoms with Crippen molar-refractivity contribution in [3.63, 3.8) is 0 Å². The van der Waals surface area contributed by atoms with E-state index < -0.39 is 5.60 Å². The third-order valence-electron chi connectivity index (χ3n) is 5.00. The van der Waals surface area contributed by atoms with Crippen LogP contribution in [-0.2, 0) is 5.60 Å². The van der Waals surface area contributed by atoms with Crippen molar-refractivity contribution in [3.8, 4) is 0 Å². The van der Waals surface area contributed by atoms with E-state index in [2.05, 4.69) is 39.5 Å². The highest BCUT2D eigenvalue weighted by Crippen LogP contribution is 2.27. The van der Waals surface area contributed by atoms with Crippen molar-refractivity contribution in [3.05, 3.63) is 23.2 Å². The number of aryl methyl sites for hydroxylation is 2. The number of guanidine groups is 1. The Morgan fingerprint density at radius 3 is 2.69 bits per heavy atom. The molecular weight excluding hydrogens is 330 g/mol. The van der Waals surface area contributed by atoms with Gasteiger partial charge in [-0.3, -0.25) is 4.90 Å². The molecule has 7 heteroatoms. The maximum Gasteiger partial charge on any atom is 0.191 e. The van der Waals surface area contributed by atoms with Crippen LogP contribution in [0.1, 0.15) is 30.9 Å². The van der Waals surface area contributed by atoms with E-state index in [-0.39, 0.29) is 6.54 Å². The van der Waals surface area contributed by atoms with Crippen molar-refractivity contribution in [2.75, 3.05) is 53.4 Å². The molecule has 0 amide bonds. The number of rotatable bonds is 6. The van der Waals surface area contributed by atoms with Crippen molar-refractivity contribution in [2.45, 2.75) is 39.3 Å². The molecule has 0 saturated carbocycles. The average Bonchev–Trinajstić information content (AvgIpc) is 2.92. The van der Waals surface area contributed by atoms with E-state index in [4.69, 9.17) is 4.42 Å². The lowest BCUT2D eigenvalue weighted by Gasteiger charge is -2.38. The molecule has 0 bridgehead atoms. The Kier molecular flexibility index (Phi) is 7.08. The summed E-state index contributed by atoms with van der Waals surface area (Å²) in [5, 5.41) is 17.5. The van der Waals surface area contributed by atoms with Gasteiger partial charge in [-0.2, -0.15) is 0 Å². The summed E-state index contributed by atoms with van der Waals surface area (Å²) in [4.78, 5) is 9.34. The molecule has 1 aliphatic heterocycles. The van der Waals surface area contributed by atoms with Crippen molar-refractivity contribution in [1.82, 2.24) is 20.4 Å². The fourth-order valence-corrected chi connectivity index (χ4v) is 3.36. The zero-order chi connectivity index (χ0) is 19.3. The van der Waals surface area contributed by atoms with Crippen LogP contribution in [0.3, 0.4) is 0 Å². The molecule has 26 heavy (non-hydrogen) atoms. The van der Waals surface area contributed by atoms with E-state index in [1.165, 1.54) is 0 Å². The molecule has 2 unspecified atom stereocenters. The number of furan rings is 1. The molecule has 3 N–H and O–H groups in total. The Hall–Kier alpha value is -1.57. The molecule has 0 spiro atoms. The Balaban J connectivity index is 2.00. The number of hydrogen-bond acceptors (Lipinski definition) is 5. The van der Waals surface area contributed by atoms with Gasteiger partial charge in [0.25, 0.3) is 0 Å². The number of nitrogens with one attached hydrogen (secondary N) is 2. The van der Waals surface area contributed by atoms with Crippen LogP contribution in [-0.4, -0.2) is 80.3 Å². The van der Waals surface area contributed by atoms with Gasteiger partial charge in [0.2, 0.25) is 0 Å². The first kappa shape index (κ1) is 20.7. The summed E-state index contributed by atoms with van der Waals surface area (Å²) in [6.45, 7) is 12.7. The molecule has 0 aliphatic carbocycles. The number of piperazine rings is 1. The zero-order valence-corrected chi connectivity index (χ0v) is 17.1. The minimum atomic E-state index is -1.06. The molecule has 148 valence electrons. The molecule has 1 saturated heterocycles. The van der Waals surface area contributed by atoms with E-state index in [9.17, 15) is 5.11 Å². The summed E-state index contributed by atoms with van der Waals surface area (Å²) in [5.74, 6) is 2.27. The van der Waals surface area contributed by atoms with E-state index in [0.29, 0.717) is 6.04 Å². The number of likely N-dealkylation sites (N-methyl/N-ethyl adjacent to an activating group) is 2. The van der Waals surface area contributed by atoms with Crippen molar-refractivity contribution in [1.29, 1.82) is 0 Å². The molecule has 1 aromatic rings. The Labute approximate surface area is 157 Å². The smallest absolute Gasteiger partial charge is 0.191 e. The topological polar surface area (TPSA) is 76.3 Å². The first-order valence-corrected chi connectivity index (χ1v) is 9.43.